The second-order valence-corrected chi connectivity index (χ2v) is 9.88. The molecule has 1 unspecified atom stereocenters. The van der Waals surface area contributed by atoms with Crippen molar-refractivity contribution in [2.45, 2.75) is 32.5 Å². The summed E-state index contributed by atoms with van der Waals surface area (Å²) in [5, 5.41) is 6.60. The van der Waals surface area contributed by atoms with Crippen LogP contribution in [0.15, 0.2) is 29.3 Å². The number of nitrogens with one attached hydrogen (secondary N) is 2. The van der Waals surface area contributed by atoms with E-state index in [9.17, 15) is 8.42 Å². The molecule has 1 aromatic rings. The number of piperazine rings is 1. The van der Waals surface area contributed by atoms with Crippen LogP contribution in [-0.4, -0.2) is 81.5 Å². The first-order valence-corrected chi connectivity index (χ1v) is 12.0. The molecule has 0 saturated carbocycles. The monoisotopic (exact) mass is 535 g/mol. The Balaban J connectivity index is 0.00000300. The van der Waals surface area contributed by atoms with E-state index in [0.29, 0.717) is 18.9 Å². The molecule has 2 heterocycles. The van der Waals surface area contributed by atoms with Gasteiger partial charge in [0.1, 0.15) is 0 Å². The summed E-state index contributed by atoms with van der Waals surface area (Å²) in [5.74, 6) is 1.11. The molecule has 2 saturated heterocycles. The van der Waals surface area contributed by atoms with Crippen molar-refractivity contribution in [3.8, 4) is 0 Å². The maximum Gasteiger partial charge on any atom is 0.191 e. The molecule has 9 heteroatoms. The highest BCUT2D eigenvalue weighted by molar-refractivity contribution is 14.0. The number of benzene rings is 1. The van der Waals surface area contributed by atoms with Crippen LogP contribution in [0.1, 0.15) is 24.5 Å². The summed E-state index contributed by atoms with van der Waals surface area (Å²) >= 11 is 0. The lowest BCUT2D eigenvalue weighted by molar-refractivity contribution is 0.131. The van der Waals surface area contributed by atoms with Crippen molar-refractivity contribution in [3.63, 3.8) is 0 Å². The van der Waals surface area contributed by atoms with E-state index in [1.807, 2.05) is 0 Å². The molecule has 164 valence electrons. The first kappa shape index (κ1) is 24.4. The van der Waals surface area contributed by atoms with Crippen LogP contribution in [0.4, 0.5) is 0 Å². The van der Waals surface area contributed by atoms with E-state index in [2.05, 4.69) is 56.6 Å². The van der Waals surface area contributed by atoms with E-state index >= 15 is 0 Å². The summed E-state index contributed by atoms with van der Waals surface area (Å²) in [6, 6.07) is 8.45. The highest BCUT2D eigenvalue weighted by atomic mass is 127. The fraction of sp³-hybridized carbons (Fsp3) is 0.650. The van der Waals surface area contributed by atoms with Gasteiger partial charge in [-0.1, -0.05) is 31.2 Å². The van der Waals surface area contributed by atoms with Gasteiger partial charge < -0.3 is 15.5 Å². The number of hydrogen-bond donors (Lipinski definition) is 2. The smallest absolute Gasteiger partial charge is 0.191 e. The van der Waals surface area contributed by atoms with Gasteiger partial charge in [-0.05, 0) is 24.1 Å². The topological polar surface area (TPSA) is 77.0 Å². The summed E-state index contributed by atoms with van der Waals surface area (Å²) < 4.78 is 23.3. The Bertz CT molecular complexity index is 779. The Morgan fingerprint density at radius 3 is 2.38 bits per heavy atom. The molecule has 2 N–H and O–H groups in total. The molecular formula is C20H34IN5O2S. The van der Waals surface area contributed by atoms with E-state index in [-0.39, 0.29) is 41.5 Å². The molecule has 0 aromatic heterocycles. The Morgan fingerprint density at radius 1 is 1.14 bits per heavy atom. The highest BCUT2D eigenvalue weighted by Gasteiger charge is 2.28. The molecule has 7 nitrogen and oxygen atoms in total. The molecule has 3 rings (SSSR count). The van der Waals surface area contributed by atoms with Crippen LogP contribution in [-0.2, 0) is 22.9 Å². The van der Waals surface area contributed by atoms with Crippen molar-refractivity contribution in [1.82, 2.24) is 20.4 Å². The average Bonchev–Trinajstić information content (AvgIpc) is 3.05. The Kier molecular flexibility index (Phi) is 9.64. The first-order valence-electron chi connectivity index (χ1n) is 10.2. The van der Waals surface area contributed by atoms with Crippen molar-refractivity contribution in [2.75, 3.05) is 51.3 Å². The molecule has 0 radical (unpaired) electrons. The quantitative estimate of drug-likeness (QED) is 0.325. The minimum Gasteiger partial charge on any atom is -0.353 e. The number of aliphatic imine (C=N–C) groups is 1. The zero-order chi connectivity index (χ0) is 20.0. The molecule has 2 aliphatic heterocycles. The molecule has 0 aliphatic carbocycles. The minimum absolute atomic E-state index is 0. The molecule has 1 aromatic carbocycles. The fourth-order valence-electron chi connectivity index (χ4n) is 3.86. The predicted molar refractivity (Wildman–Crippen MR) is 130 cm³/mol. The largest absolute Gasteiger partial charge is 0.353 e. The number of halogens is 1. The van der Waals surface area contributed by atoms with E-state index in [4.69, 9.17) is 0 Å². The Hall–Kier alpha value is -0.910. The molecule has 0 amide bonds. The number of nitrogens with zero attached hydrogens (tertiary/aromatic N) is 3. The fourth-order valence-corrected chi connectivity index (χ4v) is 5.54. The lowest BCUT2D eigenvalue weighted by Crippen LogP contribution is -2.46. The van der Waals surface area contributed by atoms with Gasteiger partial charge in [0.15, 0.2) is 15.8 Å². The molecule has 2 aliphatic rings. The third-order valence-electron chi connectivity index (χ3n) is 5.67. The zero-order valence-corrected chi connectivity index (χ0v) is 20.6. The summed E-state index contributed by atoms with van der Waals surface area (Å²) in [4.78, 5) is 9.27. The maximum atomic E-state index is 11.7. The van der Waals surface area contributed by atoms with E-state index in [1.165, 1.54) is 11.1 Å². The van der Waals surface area contributed by atoms with Crippen LogP contribution in [0.5, 0.6) is 0 Å². The third kappa shape index (κ3) is 7.37. The van der Waals surface area contributed by atoms with Gasteiger partial charge in [-0.25, -0.2) is 8.42 Å². The second-order valence-electron chi connectivity index (χ2n) is 7.65. The number of likely N-dealkylation sites (N-methyl/N-ethyl adjacent to an activating group) is 1. The van der Waals surface area contributed by atoms with Crippen LogP contribution >= 0.6 is 24.0 Å². The van der Waals surface area contributed by atoms with Crippen LogP contribution in [0.2, 0.25) is 0 Å². The Labute approximate surface area is 192 Å². The number of guanidine groups is 1. The summed E-state index contributed by atoms with van der Waals surface area (Å²) in [6.45, 7) is 9.47. The van der Waals surface area contributed by atoms with E-state index in [1.54, 1.807) is 7.05 Å². The van der Waals surface area contributed by atoms with Gasteiger partial charge in [-0.3, -0.25) is 9.89 Å². The van der Waals surface area contributed by atoms with Gasteiger partial charge >= 0.3 is 0 Å². The summed E-state index contributed by atoms with van der Waals surface area (Å²) in [5.41, 5.74) is 2.58. The molecule has 0 bridgehead atoms. The SMILES string of the molecule is CCN1CCN(Cc2ccccc2CNC(=NC)NC2CCS(=O)(=O)C2)CC1.I. The maximum absolute atomic E-state index is 11.7. The van der Waals surface area contributed by atoms with E-state index < -0.39 is 9.84 Å². The second kappa shape index (κ2) is 11.5. The van der Waals surface area contributed by atoms with Gasteiger partial charge in [-0.2, -0.15) is 0 Å². The summed E-state index contributed by atoms with van der Waals surface area (Å²) in [7, 11) is -1.18. The van der Waals surface area contributed by atoms with Gasteiger partial charge in [0.25, 0.3) is 0 Å². The van der Waals surface area contributed by atoms with Crippen LogP contribution in [0.3, 0.4) is 0 Å². The lowest BCUT2D eigenvalue weighted by Gasteiger charge is -2.34. The first-order chi connectivity index (χ1) is 13.5. The summed E-state index contributed by atoms with van der Waals surface area (Å²) in [6.07, 6.45) is 0.642. The third-order valence-corrected chi connectivity index (χ3v) is 7.44. The molecular weight excluding hydrogens is 501 g/mol. The molecule has 0 spiro atoms. The van der Waals surface area contributed by atoms with Crippen molar-refractivity contribution in [2.24, 2.45) is 4.99 Å². The van der Waals surface area contributed by atoms with Crippen LogP contribution < -0.4 is 10.6 Å². The normalized spacial score (nSPS) is 22.8. The van der Waals surface area contributed by atoms with E-state index in [0.717, 1.165) is 39.3 Å². The van der Waals surface area contributed by atoms with Crippen LogP contribution in [0, 0.1) is 0 Å². The van der Waals surface area contributed by atoms with Gasteiger partial charge in [0.05, 0.1) is 11.5 Å². The van der Waals surface area contributed by atoms with Crippen LogP contribution in [0.25, 0.3) is 0 Å². The highest BCUT2D eigenvalue weighted by Crippen LogP contribution is 2.14. The minimum atomic E-state index is -2.90. The predicted octanol–water partition coefficient (Wildman–Crippen LogP) is 1.29. The van der Waals surface area contributed by atoms with Crippen molar-refractivity contribution in [1.29, 1.82) is 0 Å². The molecule has 1 atom stereocenters. The van der Waals surface area contributed by atoms with Crippen molar-refractivity contribution in [3.05, 3.63) is 35.4 Å². The van der Waals surface area contributed by atoms with Gasteiger partial charge in [-0.15, -0.1) is 24.0 Å². The van der Waals surface area contributed by atoms with Crippen molar-refractivity contribution < 1.29 is 8.42 Å². The standard InChI is InChI=1S/C20H33N5O2S.HI/c1-3-24-9-11-25(12-10-24)15-18-7-5-4-6-17(18)14-22-20(21-2)23-19-8-13-28(26,27)16-19;/h4-7,19H,3,8-16H2,1-2H3,(H2,21,22,23);1H. The zero-order valence-electron chi connectivity index (χ0n) is 17.4. The average molecular weight is 535 g/mol. The molecule has 29 heavy (non-hydrogen) atoms. The lowest BCUT2D eigenvalue weighted by atomic mass is 10.1. The number of sulfone groups is 1. The number of hydrogen-bond acceptors (Lipinski definition) is 5. The van der Waals surface area contributed by atoms with Gasteiger partial charge in [0.2, 0.25) is 0 Å². The Morgan fingerprint density at radius 2 is 1.79 bits per heavy atom. The number of rotatable bonds is 6. The van der Waals surface area contributed by atoms with Gasteiger partial charge in [0, 0.05) is 52.4 Å². The van der Waals surface area contributed by atoms with Crippen molar-refractivity contribution >= 4 is 39.8 Å². The molecule has 2 fully saturated rings.